The van der Waals surface area contributed by atoms with Crippen LogP contribution in [0, 0.1) is 6.92 Å². The Bertz CT molecular complexity index is 3050. The molecule has 0 saturated carbocycles. The lowest BCUT2D eigenvalue weighted by Crippen LogP contribution is -2.36. The van der Waals surface area contributed by atoms with E-state index in [-0.39, 0.29) is 39.2 Å². The summed E-state index contributed by atoms with van der Waals surface area (Å²) in [5, 5.41) is 33.6. The molecule has 28 heteroatoms. The zero-order valence-electron chi connectivity index (χ0n) is 46.4. The van der Waals surface area contributed by atoms with E-state index in [1.807, 2.05) is 51.4 Å². The summed E-state index contributed by atoms with van der Waals surface area (Å²) in [5.74, 6) is 0.623. The predicted molar refractivity (Wildman–Crippen MR) is 341 cm³/mol. The first kappa shape index (κ1) is 69.2. The minimum atomic E-state index is -1.32. The van der Waals surface area contributed by atoms with Crippen LogP contribution in [0.4, 0.5) is 47.9 Å². The first-order valence-corrected chi connectivity index (χ1v) is 27.4. The Kier molecular flexibility index (Phi) is 30.3. The minimum absolute atomic E-state index is 0.000324. The van der Waals surface area contributed by atoms with E-state index in [4.69, 9.17) is 81.5 Å². The van der Waals surface area contributed by atoms with Crippen molar-refractivity contribution in [2.45, 2.75) is 52.6 Å². The standard InChI is InChI=1S/C18H13Cl2NO.C14H18N4O4S2.C12H14N4O4S2.C11H19N3O/c19-16-7-3-13(4-8-16)18(22,15-2-1-11-21-12-15)14-5-9-17(20)10-6-14;1-3-21-13(19)17-11(23)15-9-7-5-6-8-10(9)16-12(24)18-14(20)22-4-2;1-19-11(17)15-9(21)13-7-5-3-4-6-8(7)14-10(22)16-12(18)20-2;1-5-6-7-9-8(2)12-11(14(3)4)13-10(9)15/h1-12,22H;5-8H,3-4H2,1-2H3,(H2,15,17,19,23)(H2,16,18,20,24);3-6H,1-2H3,(H2,13,15,17,21)(H2,14,16,18,22);5-7H2,1-4H3,(H,12,13,15). The number of unbranched alkanes of at least 4 members (excludes halogenated alkanes) is 1. The number of nitrogens with zero attached hydrogens (tertiary/aromatic N) is 3. The highest BCUT2D eigenvalue weighted by Gasteiger charge is 2.34. The Labute approximate surface area is 512 Å². The fourth-order valence-electron chi connectivity index (χ4n) is 6.74. The van der Waals surface area contributed by atoms with Crippen LogP contribution < -0.4 is 53.0 Å². The van der Waals surface area contributed by atoms with Gasteiger partial charge in [0.1, 0.15) is 5.60 Å². The molecule has 4 amide bonds. The maximum absolute atomic E-state index is 11.7. The molecule has 2 heterocycles. The number of aromatic nitrogens is 3. The number of aryl methyl sites for hydroxylation is 1. The zero-order valence-corrected chi connectivity index (χ0v) is 51.2. The molecule has 6 rings (SSSR count). The molecular weight excluding hydrogens is 1190 g/mol. The minimum Gasteiger partial charge on any atom is -0.453 e. The molecule has 442 valence electrons. The van der Waals surface area contributed by atoms with E-state index in [1.54, 1.807) is 110 Å². The van der Waals surface area contributed by atoms with E-state index in [9.17, 15) is 29.1 Å². The normalized spacial score (nSPS) is 10.1. The van der Waals surface area contributed by atoms with Gasteiger partial charge in [0.25, 0.3) is 5.56 Å². The Hall–Kier alpha value is -8.11. The Morgan fingerprint density at radius 1 is 0.602 bits per heavy atom. The van der Waals surface area contributed by atoms with E-state index in [0.717, 1.165) is 30.5 Å². The van der Waals surface area contributed by atoms with Crippen LogP contribution in [0.3, 0.4) is 0 Å². The number of alkyl carbamates (subject to hydrolysis) is 4. The summed E-state index contributed by atoms with van der Waals surface area (Å²) in [6, 6.07) is 31.8. The van der Waals surface area contributed by atoms with Gasteiger partial charge in [-0.3, -0.25) is 36.0 Å². The number of H-pyrrole nitrogens is 1. The second kappa shape index (κ2) is 36.4. The van der Waals surface area contributed by atoms with Crippen molar-refractivity contribution in [3.05, 3.63) is 170 Å². The van der Waals surface area contributed by atoms with E-state index in [1.165, 1.54) is 14.2 Å². The second-order valence-electron chi connectivity index (χ2n) is 16.7. The molecular formula is C55H64Cl2N12O10S4. The van der Waals surface area contributed by atoms with Crippen LogP contribution >= 0.6 is 72.1 Å². The molecule has 0 fully saturated rings. The number of thiocarbonyl (C=S) groups is 4. The third-order valence-electron chi connectivity index (χ3n) is 10.6. The summed E-state index contributed by atoms with van der Waals surface area (Å²) in [6.45, 7) is 7.86. The monoisotopic (exact) mass is 1250 g/mol. The number of benzene rings is 4. The number of hydrogen-bond donors (Lipinski definition) is 10. The quantitative estimate of drug-likeness (QED) is 0.0380. The van der Waals surface area contributed by atoms with Crippen molar-refractivity contribution in [2.24, 2.45) is 0 Å². The summed E-state index contributed by atoms with van der Waals surface area (Å²) in [5.41, 5.74) is 4.64. The predicted octanol–water partition coefficient (Wildman–Crippen LogP) is 10.5. The van der Waals surface area contributed by atoms with Gasteiger partial charge in [-0.15, -0.1) is 0 Å². The number of nitrogens with one attached hydrogen (secondary N) is 9. The number of amides is 4. The molecule has 0 bridgehead atoms. The largest absolute Gasteiger partial charge is 0.453 e. The van der Waals surface area contributed by atoms with Crippen LogP contribution in [-0.4, -0.2) is 106 Å². The van der Waals surface area contributed by atoms with Crippen molar-refractivity contribution in [3.8, 4) is 0 Å². The number of rotatable bonds is 13. The number of carbonyl (C=O) groups excluding carboxylic acids is 4. The summed E-state index contributed by atoms with van der Waals surface area (Å²) in [4.78, 5) is 69.6. The number of ether oxygens (including phenoxy) is 4. The average Bonchev–Trinajstić information content (AvgIpc) is 3.45. The van der Waals surface area contributed by atoms with Crippen molar-refractivity contribution >= 4 is 146 Å². The lowest BCUT2D eigenvalue weighted by atomic mass is 9.81. The maximum atomic E-state index is 11.7. The van der Waals surface area contributed by atoms with E-state index >= 15 is 0 Å². The summed E-state index contributed by atoms with van der Waals surface area (Å²) >= 11 is 31.9. The van der Waals surface area contributed by atoms with Gasteiger partial charge in [-0.2, -0.15) is 0 Å². The topological polar surface area (TPSA) is 284 Å². The van der Waals surface area contributed by atoms with Crippen LogP contribution in [0.5, 0.6) is 0 Å². The van der Waals surface area contributed by atoms with Gasteiger partial charge in [-0.05, 0) is 148 Å². The second-order valence-corrected chi connectivity index (χ2v) is 19.3. The first-order chi connectivity index (χ1) is 39.6. The van der Waals surface area contributed by atoms with Crippen molar-refractivity contribution in [3.63, 3.8) is 0 Å². The van der Waals surface area contributed by atoms with Gasteiger partial charge in [0.15, 0.2) is 20.4 Å². The van der Waals surface area contributed by atoms with Gasteiger partial charge in [0.2, 0.25) is 5.95 Å². The molecule has 4 aromatic carbocycles. The number of aromatic amines is 1. The highest BCUT2D eigenvalue weighted by molar-refractivity contribution is 7.81. The average molecular weight is 1250 g/mol. The molecule has 0 unspecified atom stereocenters. The molecule has 0 spiro atoms. The number of para-hydroxylation sites is 4. The summed E-state index contributed by atoms with van der Waals surface area (Å²) in [7, 11) is 6.18. The smallest absolute Gasteiger partial charge is 0.413 e. The molecule has 2 aromatic heterocycles. The van der Waals surface area contributed by atoms with Crippen LogP contribution in [0.15, 0.2) is 126 Å². The van der Waals surface area contributed by atoms with Crippen LogP contribution in [0.1, 0.15) is 61.6 Å². The molecule has 83 heavy (non-hydrogen) atoms. The number of aliphatic hydroxyl groups is 1. The number of halogens is 2. The van der Waals surface area contributed by atoms with Crippen LogP contribution in [0.2, 0.25) is 10.0 Å². The molecule has 0 radical (unpaired) electrons. The van der Waals surface area contributed by atoms with Crippen molar-refractivity contribution in [1.82, 2.24) is 36.2 Å². The van der Waals surface area contributed by atoms with Gasteiger partial charge >= 0.3 is 24.4 Å². The van der Waals surface area contributed by atoms with Gasteiger partial charge in [-0.25, -0.2) is 24.2 Å². The van der Waals surface area contributed by atoms with Crippen molar-refractivity contribution < 1.29 is 43.2 Å². The number of pyridine rings is 1. The number of methoxy groups -OCH3 is 2. The van der Waals surface area contributed by atoms with E-state index in [2.05, 4.69) is 73.9 Å². The lowest BCUT2D eigenvalue weighted by molar-refractivity contribution is 0.125. The highest BCUT2D eigenvalue weighted by Crippen LogP contribution is 2.37. The number of hydrogen-bond acceptors (Lipinski definition) is 17. The molecule has 0 aliphatic heterocycles. The van der Waals surface area contributed by atoms with E-state index < -0.39 is 30.0 Å². The van der Waals surface area contributed by atoms with Gasteiger partial charge in [0.05, 0.1) is 50.2 Å². The van der Waals surface area contributed by atoms with Crippen LogP contribution in [-0.2, 0) is 31.0 Å². The Morgan fingerprint density at radius 2 is 0.988 bits per heavy atom. The number of carbonyl (C=O) groups is 4. The molecule has 10 N–H and O–H groups in total. The molecule has 0 aliphatic rings. The van der Waals surface area contributed by atoms with Crippen molar-refractivity contribution in [1.29, 1.82) is 0 Å². The SMILES string of the molecule is CCCCc1c(C)nc(N(C)C)[nH]c1=O.CCOC(=O)NC(=S)Nc1ccccc1NC(=S)NC(=O)OCC.COC(=O)NC(=S)Nc1ccccc1NC(=S)NC(=O)OC.OC(c1ccc(Cl)cc1)(c1ccc(Cl)cc1)c1cccnc1. The van der Waals surface area contributed by atoms with Crippen molar-refractivity contribution in [2.75, 3.05) is 67.7 Å². The molecule has 0 saturated heterocycles. The first-order valence-electron chi connectivity index (χ1n) is 25.0. The lowest BCUT2D eigenvalue weighted by Gasteiger charge is -2.29. The zero-order chi connectivity index (χ0) is 61.5. The molecule has 0 aliphatic carbocycles. The van der Waals surface area contributed by atoms with E-state index in [0.29, 0.717) is 55.4 Å². The number of anilines is 5. The molecule has 22 nitrogen and oxygen atoms in total. The van der Waals surface area contributed by atoms with Gasteiger partial charge in [-0.1, -0.05) is 91.1 Å². The fourth-order valence-corrected chi connectivity index (χ4v) is 7.76. The summed E-state index contributed by atoms with van der Waals surface area (Å²) < 4.78 is 18.3. The maximum Gasteiger partial charge on any atom is 0.413 e. The van der Waals surface area contributed by atoms with Crippen LogP contribution in [0.25, 0.3) is 0 Å². The van der Waals surface area contributed by atoms with Gasteiger partial charge < -0.3 is 50.2 Å². The fraction of sp³-hybridized carbons (Fsp3) is 0.255. The Morgan fingerprint density at radius 3 is 1.30 bits per heavy atom. The van der Waals surface area contributed by atoms with Gasteiger partial charge in [0, 0.05) is 53.4 Å². The highest BCUT2D eigenvalue weighted by atomic mass is 35.5. The Balaban J connectivity index is 0.000000294. The third-order valence-corrected chi connectivity index (χ3v) is 12.0. The molecule has 6 aromatic rings. The third kappa shape index (κ3) is 24.1. The summed E-state index contributed by atoms with van der Waals surface area (Å²) in [6.07, 6.45) is 3.59. The molecule has 0 atom stereocenters.